The monoisotopic (exact) mass is 192 g/mol. The number of hydrogen-bond donors (Lipinski definition) is 1. The minimum Gasteiger partial charge on any atom is -0.394 e. The van der Waals surface area contributed by atoms with Crippen molar-refractivity contribution in [2.45, 2.75) is 6.92 Å². The van der Waals surface area contributed by atoms with Gasteiger partial charge in [0.05, 0.1) is 0 Å². The molecule has 2 aromatic rings. The lowest BCUT2D eigenvalue weighted by molar-refractivity contribution is 0.400. The van der Waals surface area contributed by atoms with E-state index in [9.17, 15) is 4.39 Å². The van der Waals surface area contributed by atoms with Gasteiger partial charge in [0.15, 0.2) is 5.76 Å². The molecule has 0 aliphatic heterocycles. The summed E-state index contributed by atoms with van der Waals surface area (Å²) in [6.07, 6.45) is 0. The predicted molar refractivity (Wildman–Crippen MR) is 51.0 cm³/mol. The van der Waals surface area contributed by atoms with Gasteiger partial charge >= 0.3 is 0 Å². The Morgan fingerprint density at radius 1 is 1.36 bits per heavy atom. The lowest BCUT2D eigenvalue weighted by atomic mass is 10.1. The molecule has 2 N–H and O–H groups in total. The van der Waals surface area contributed by atoms with E-state index in [0.29, 0.717) is 22.7 Å². The zero-order valence-electron chi connectivity index (χ0n) is 7.62. The molecule has 14 heavy (non-hydrogen) atoms. The van der Waals surface area contributed by atoms with Crippen LogP contribution in [-0.2, 0) is 0 Å². The van der Waals surface area contributed by atoms with Crippen LogP contribution in [0.1, 0.15) is 5.76 Å². The molecule has 4 heteroatoms. The maximum Gasteiger partial charge on any atom is 0.157 e. The van der Waals surface area contributed by atoms with Crippen molar-refractivity contribution >= 4 is 5.69 Å². The van der Waals surface area contributed by atoms with Crippen LogP contribution in [0.2, 0.25) is 0 Å². The molecule has 1 aromatic carbocycles. The molecule has 0 bridgehead atoms. The number of anilines is 1. The summed E-state index contributed by atoms with van der Waals surface area (Å²) < 4.78 is 18.2. The first-order chi connectivity index (χ1) is 6.70. The maximum atomic E-state index is 13.3. The summed E-state index contributed by atoms with van der Waals surface area (Å²) in [7, 11) is 0. The van der Waals surface area contributed by atoms with Crippen molar-refractivity contribution in [3.63, 3.8) is 0 Å². The van der Waals surface area contributed by atoms with Gasteiger partial charge in [0.2, 0.25) is 0 Å². The molecule has 0 unspecified atom stereocenters. The molecule has 0 aliphatic carbocycles. The van der Waals surface area contributed by atoms with E-state index in [-0.39, 0.29) is 5.82 Å². The first kappa shape index (κ1) is 8.74. The summed E-state index contributed by atoms with van der Waals surface area (Å²) in [4.78, 5) is 0. The summed E-state index contributed by atoms with van der Waals surface area (Å²) in [5, 5.41) is 3.71. The molecule has 0 saturated carbocycles. The quantitative estimate of drug-likeness (QED) is 0.754. The fraction of sp³-hybridized carbons (Fsp3) is 0.100. The van der Waals surface area contributed by atoms with Crippen LogP contribution >= 0.6 is 0 Å². The topological polar surface area (TPSA) is 52.0 Å². The van der Waals surface area contributed by atoms with Crippen LogP contribution in [0.5, 0.6) is 0 Å². The van der Waals surface area contributed by atoms with Crippen LogP contribution in [-0.4, -0.2) is 5.16 Å². The third-order valence-corrected chi connectivity index (χ3v) is 2.04. The predicted octanol–water partition coefficient (Wildman–Crippen LogP) is 2.37. The Bertz CT molecular complexity index is 465. The Morgan fingerprint density at radius 3 is 2.64 bits per heavy atom. The average Bonchev–Trinajstić information content (AvgIpc) is 2.49. The van der Waals surface area contributed by atoms with Crippen molar-refractivity contribution in [1.29, 1.82) is 0 Å². The SMILES string of the molecule is Cc1onc(-c2ccccc2F)c1N. The first-order valence-corrected chi connectivity index (χ1v) is 4.17. The summed E-state index contributed by atoms with van der Waals surface area (Å²) in [5.41, 5.74) is 6.79. The molecule has 1 aromatic heterocycles. The second-order valence-corrected chi connectivity index (χ2v) is 2.98. The lowest BCUT2D eigenvalue weighted by Crippen LogP contribution is -1.90. The Hall–Kier alpha value is -1.84. The average molecular weight is 192 g/mol. The molecule has 0 radical (unpaired) electrons. The number of benzene rings is 1. The highest BCUT2D eigenvalue weighted by atomic mass is 19.1. The van der Waals surface area contributed by atoms with Crippen LogP contribution < -0.4 is 5.73 Å². The Balaban J connectivity index is 2.60. The van der Waals surface area contributed by atoms with Gasteiger partial charge in [-0.1, -0.05) is 17.3 Å². The van der Waals surface area contributed by atoms with E-state index in [4.69, 9.17) is 10.3 Å². The fourth-order valence-electron chi connectivity index (χ4n) is 1.23. The fourth-order valence-corrected chi connectivity index (χ4v) is 1.23. The van der Waals surface area contributed by atoms with Crippen molar-refractivity contribution < 1.29 is 8.91 Å². The largest absolute Gasteiger partial charge is 0.394 e. The highest BCUT2D eigenvalue weighted by Gasteiger charge is 2.14. The molecule has 0 fully saturated rings. The van der Waals surface area contributed by atoms with Crippen LogP contribution in [0, 0.1) is 12.7 Å². The van der Waals surface area contributed by atoms with Gasteiger partial charge in [-0.2, -0.15) is 0 Å². The summed E-state index contributed by atoms with van der Waals surface area (Å²) in [6.45, 7) is 1.69. The van der Waals surface area contributed by atoms with Gasteiger partial charge in [-0.15, -0.1) is 0 Å². The number of hydrogen-bond acceptors (Lipinski definition) is 3. The van der Waals surface area contributed by atoms with Gasteiger partial charge in [-0.25, -0.2) is 4.39 Å². The highest BCUT2D eigenvalue weighted by molar-refractivity contribution is 5.73. The van der Waals surface area contributed by atoms with Crippen molar-refractivity contribution in [2.24, 2.45) is 0 Å². The number of rotatable bonds is 1. The Kier molecular flexibility index (Phi) is 1.96. The Labute approximate surface area is 80.3 Å². The zero-order valence-corrected chi connectivity index (χ0v) is 7.62. The van der Waals surface area contributed by atoms with Gasteiger partial charge in [-0.05, 0) is 19.1 Å². The van der Waals surface area contributed by atoms with Gasteiger partial charge in [-0.3, -0.25) is 0 Å². The molecular formula is C10H9FN2O. The summed E-state index contributed by atoms with van der Waals surface area (Å²) >= 11 is 0. The summed E-state index contributed by atoms with van der Waals surface area (Å²) in [6, 6.07) is 6.31. The van der Waals surface area contributed by atoms with E-state index in [1.54, 1.807) is 25.1 Å². The standard InChI is InChI=1S/C10H9FN2O/c1-6-9(12)10(13-14-6)7-4-2-3-5-8(7)11/h2-5H,12H2,1H3. The number of aryl methyl sites for hydroxylation is 1. The van der Waals surface area contributed by atoms with E-state index < -0.39 is 0 Å². The third kappa shape index (κ3) is 1.25. The number of halogens is 1. The first-order valence-electron chi connectivity index (χ1n) is 4.17. The second-order valence-electron chi connectivity index (χ2n) is 2.98. The zero-order chi connectivity index (χ0) is 10.1. The molecule has 0 saturated heterocycles. The second kappa shape index (κ2) is 3.14. The van der Waals surface area contributed by atoms with E-state index in [1.807, 2.05) is 0 Å². The number of nitrogens with two attached hydrogens (primary N) is 1. The van der Waals surface area contributed by atoms with Crippen LogP contribution in [0.3, 0.4) is 0 Å². The maximum absolute atomic E-state index is 13.3. The molecule has 0 aliphatic rings. The van der Waals surface area contributed by atoms with E-state index in [0.717, 1.165) is 0 Å². The molecule has 0 spiro atoms. The molecule has 0 atom stereocenters. The van der Waals surface area contributed by atoms with Crippen LogP contribution in [0.4, 0.5) is 10.1 Å². The molecule has 72 valence electrons. The van der Waals surface area contributed by atoms with Gasteiger partial charge in [0.25, 0.3) is 0 Å². The van der Waals surface area contributed by atoms with Gasteiger partial charge in [0.1, 0.15) is 17.2 Å². The van der Waals surface area contributed by atoms with Crippen molar-refractivity contribution in [1.82, 2.24) is 5.16 Å². The molecule has 2 rings (SSSR count). The van der Waals surface area contributed by atoms with Crippen LogP contribution in [0.15, 0.2) is 28.8 Å². The van der Waals surface area contributed by atoms with Gasteiger partial charge in [0, 0.05) is 5.56 Å². The lowest BCUT2D eigenvalue weighted by Gasteiger charge is -1.98. The van der Waals surface area contributed by atoms with E-state index >= 15 is 0 Å². The van der Waals surface area contributed by atoms with E-state index in [1.165, 1.54) is 6.07 Å². The number of nitrogens with zero attached hydrogens (tertiary/aromatic N) is 1. The number of nitrogen functional groups attached to an aromatic ring is 1. The Morgan fingerprint density at radius 2 is 2.07 bits per heavy atom. The van der Waals surface area contributed by atoms with Crippen molar-refractivity contribution in [2.75, 3.05) is 5.73 Å². The molecule has 0 amide bonds. The smallest absolute Gasteiger partial charge is 0.157 e. The van der Waals surface area contributed by atoms with E-state index in [2.05, 4.69) is 5.16 Å². The molecule has 1 heterocycles. The normalized spacial score (nSPS) is 10.4. The van der Waals surface area contributed by atoms with Crippen LogP contribution in [0.25, 0.3) is 11.3 Å². The minimum atomic E-state index is -0.354. The number of aromatic nitrogens is 1. The van der Waals surface area contributed by atoms with Crippen molar-refractivity contribution in [3.8, 4) is 11.3 Å². The molecule has 3 nitrogen and oxygen atoms in total. The molecular weight excluding hydrogens is 183 g/mol. The highest BCUT2D eigenvalue weighted by Crippen LogP contribution is 2.28. The van der Waals surface area contributed by atoms with Crippen molar-refractivity contribution in [3.05, 3.63) is 35.8 Å². The van der Waals surface area contributed by atoms with Gasteiger partial charge < -0.3 is 10.3 Å². The third-order valence-electron chi connectivity index (χ3n) is 2.04. The minimum absolute atomic E-state index is 0.354. The summed E-state index contributed by atoms with van der Waals surface area (Å²) in [5.74, 6) is 0.149.